The van der Waals surface area contributed by atoms with E-state index in [-0.39, 0.29) is 36.2 Å². The Bertz CT molecular complexity index is 982. The first kappa shape index (κ1) is 24.8. The van der Waals surface area contributed by atoms with Gasteiger partial charge in [-0.25, -0.2) is 12.7 Å². The van der Waals surface area contributed by atoms with Crippen LogP contribution in [0, 0.1) is 0 Å². The second-order valence-corrected chi connectivity index (χ2v) is 9.66. The van der Waals surface area contributed by atoms with Crippen molar-refractivity contribution in [2.75, 3.05) is 20.6 Å². The van der Waals surface area contributed by atoms with Crippen molar-refractivity contribution < 1.29 is 18.0 Å². The number of nitrogens with zero attached hydrogens (tertiary/aromatic N) is 2. The third-order valence-corrected chi connectivity index (χ3v) is 7.12. The minimum Gasteiger partial charge on any atom is -0.357 e. The van der Waals surface area contributed by atoms with Gasteiger partial charge in [0, 0.05) is 38.6 Å². The molecule has 0 saturated carbocycles. The highest BCUT2D eigenvalue weighted by atomic mass is 35.5. The number of hydrogen-bond donors (Lipinski definition) is 1. The van der Waals surface area contributed by atoms with Crippen molar-refractivity contribution in [2.24, 2.45) is 0 Å². The van der Waals surface area contributed by atoms with E-state index in [0.29, 0.717) is 11.4 Å². The number of halogens is 1. The van der Waals surface area contributed by atoms with Crippen LogP contribution in [-0.4, -0.2) is 56.1 Å². The van der Waals surface area contributed by atoms with E-state index in [2.05, 4.69) is 5.32 Å². The van der Waals surface area contributed by atoms with Gasteiger partial charge in [0.15, 0.2) is 0 Å². The van der Waals surface area contributed by atoms with Crippen LogP contribution >= 0.6 is 11.6 Å². The lowest BCUT2D eigenvalue weighted by atomic mass is 10.1. The molecule has 0 unspecified atom stereocenters. The Hall–Kier alpha value is -2.42. The molecule has 1 N–H and O–H groups in total. The highest BCUT2D eigenvalue weighted by Crippen LogP contribution is 2.17. The average Bonchev–Trinajstić information content (AvgIpc) is 2.77. The van der Waals surface area contributed by atoms with Crippen LogP contribution in [-0.2, 0) is 26.2 Å². The number of amides is 2. The summed E-state index contributed by atoms with van der Waals surface area (Å²) >= 11 is 5.93. The first-order valence-electron chi connectivity index (χ1n) is 9.93. The lowest BCUT2D eigenvalue weighted by Gasteiger charge is -2.28. The van der Waals surface area contributed by atoms with Crippen LogP contribution in [0.15, 0.2) is 59.5 Å². The number of carbonyl (C=O) groups is 2. The molecule has 2 aromatic carbocycles. The lowest BCUT2D eigenvalue weighted by molar-refractivity contribution is -0.140. The fraction of sp³-hybridized carbons (Fsp3) is 0.364. The molecule has 2 rings (SSSR count). The lowest BCUT2D eigenvalue weighted by Crippen LogP contribution is -2.46. The van der Waals surface area contributed by atoms with Crippen molar-refractivity contribution in [1.82, 2.24) is 14.5 Å². The molecule has 2 amide bonds. The second-order valence-electron chi connectivity index (χ2n) is 7.18. The van der Waals surface area contributed by atoms with E-state index in [1.54, 1.807) is 49.4 Å². The molecule has 0 heterocycles. The summed E-state index contributed by atoms with van der Waals surface area (Å²) in [5.41, 5.74) is 0.845. The summed E-state index contributed by atoms with van der Waals surface area (Å²) in [6.45, 7) is 2.10. The molecular weight excluding hydrogens is 438 g/mol. The zero-order valence-corrected chi connectivity index (χ0v) is 19.5. The molecule has 0 aliphatic rings. The molecule has 0 radical (unpaired) electrons. The van der Waals surface area contributed by atoms with Gasteiger partial charge in [0.2, 0.25) is 21.8 Å². The van der Waals surface area contributed by atoms with Gasteiger partial charge >= 0.3 is 0 Å². The van der Waals surface area contributed by atoms with Crippen LogP contribution in [0.5, 0.6) is 0 Å². The van der Waals surface area contributed by atoms with E-state index >= 15 is 0 Å². The van der Waals surface area contributed by atoms with E-state index in [0.717, 1.165) is 5.56 Å². The quantitative estimate of drug-likeness (QED) is 0.584. The molecule has 7 nitrogen and oxygen atoms in total. The number of likely N-dealkylation sites (N-methyl/N-ethyl adjacent to an activating group) is 1. The molecular formula is C22H28ClN3O4S. The number of hydrogen-bond acceptors (Lipinski definition) is 4. The van der Waals surface area contributed by atoms with E-state index in [4.69, 9.17) is 11.6 Å². The maximum Gasteiger partial charge on any atom is 0.242 e. The predicted octanol–water partition coefficient (Wildman–Crippen LogP) is 2.90. The number of benzene rings is 2. The van der Waals surface area contributed by atoms with Gasteiger partial charge in [-0.3, -0.25) is 9.59 Å². The van der Waals surface area contributed by atoms with Crippen LogP contribution < -0.4 is 5.32 Å². The highest BCUT2D eigenvalue weighted by molar-refractivity contribution is 7.89. The maximum atomic E-state index is 12.9. The number of rotatable bonds is 10. The van der Waals surface area contributed by atoms with Crippen LogP contribution in [0.2, 0.25) is 5.02 Å². The SMILES string of the molecule is CNC(=O)[C@H](C)N(Cc1ccc(Cl)cc1)C(=O)CCCN(C)S(=O)(=O)c1ccccc1. The van der Waals surface area contributed by atoms with Crippen molar-refractivity contribution in [3.05, 3.63) is 65.2 Å². The molecule has 2 aromatic rings. The molecule has 1 atom stereocenters. The summed E-state index contributed by atoms with van der Waals surface area (Å²) in [4.78, 5) is 26.8. The topological polar surface area (TPSA) is 86.8 Å². The predicted molar refractivity (Wildman–Crippen MR) is 121 cm³/mol. The van der Waals surface area contributed by atoms with Gasteiger partial charge in [-0.1, -0.05) is 41.9 Å². The minimum absolute atomic E-state index is 0.115. The standard InChI is InChI=1S/C22H28ClN3O4S/c1-17(22(28)24-2)26(16-18-11-13-19(23)14-12-18)21(27)10-7-15-25(3)31(29,30)20-8-5-4-6-9-20/h4-6,8-9,11-14,17H,7,10,15-16H2,1-3H3,(H,24,28)/t17-/m0/s1. The van der Waals surface area contributed by atoms with E-state index < -0.39 is 16.1 Å². The van der Waals surface area contributed by atoms with Crippen LogP contribution in [0.25, 0.3) is 0 Å². The fourth-order valence-electron chi connectivity index (χ4n) is 3.07. The van der Waals surface area contributed by atoms with Crippen molar-refractivity contribution >= 4 is 33.4 Å². The Morgan fingerprint density at radius 1 is 1.06 bits per heavy atom. The first-order valence-corrected chi connectivity index (χ1v) is 11.8. The van der Waals surface area contributed by atoms with Gasteiger partial charge < -0.3 is 10.2 Å². The Balaban J connectivity index is 2.03. The Morgan fingerprint density at radius 3 is 2.26 bits per heavy atom. The summed E-state index contributed by atoms with van der Waals surface area (Å²) in [6.07, 6.45) is 0.447. The Morgan fingerprint density at radius 2 is 1.68 bits per heavy atom. The molecule has 0 aromatic heterocycles. The van der Waals surface area contributed by atoms with E-state index in [9.17, 15) is 18.0 Å². The molecule has 31 heavy (non-hydrogen) atoms. The summed E-state index contributed by atoms with van der Waals surface area (Å²) in [7, 11) is -0.599. The number of nitrogens with one attached hydrogen (secondary N) is 1. The van der Waals surface area contributed by atoms with Crippen LogP contribution in [0.3, 0.4) is 0 Å². The smallest absolute Gasteiger partial charge is 0.242 e. The molecule has 0 bridgehead atoms. The maximum absolute atomic E-state index is 12.9. The Labute approximate surface area is 189 Å². The van der Waals surface area contributed by atoms with E-state index in [1.807, 2.05) is 0 Å². The van der Waals surface area contributed by atoms with Gasteiger partial charge in [-0.05, 0) is 43.2 Å². The van der Waals surface area contributed by atoms with Crippen molar-refractivity contribution in [2.45, 2.75) is 37.2 Å². The van der Waals surface area contributed by atoms with Crippen molar-refractivity contribution in [3.63, 3.8) is 0 Å². The molecule has 0 aliphatic carbocycles. The third kappa shape index (κ3) is 6.78. The van der Waals surface area contributed by atoms with Gasteiger partial charge in [0.1, 0.15) is 6.04 Å². The largest absolute Gasteiger partial charge is 0.357 e. The molecule has 0 aliphatic heterocycles. The summed E-state index contributed by atoms with van der Waals surface area (Å²) in [5, 5.41) is 3.15. The number of sulfonamides is 1. The second kappa shape index (κ2) is 11.3. The zero-order valence-electron chi connectivity index (χ0n) is 17.9. The average molecular weight is 466 g/mol. The van der Waals surface area contributed by atoms with E-state index in [1.165, 1.54) is 35.4 Å². The molecule has 9 heteroatoms. The van der Waals surface area contributed by atoms with Crippen molar-refractivity contribution in [3.8, 4) is 0 Å². The molecule has 0 spiro atoms. The van der Waals surface area contributed by atoms with Gasteiger partial charge in [0.05, 0.1) is 4.90 Å². The zero-order chi connectivity index (χ0) is 23.0. The molecule has 0 fully saturated rings. The fourth-order valence-corrected chi connectivity index (χ4v) is 4.42. The summed E-state index contributed by atoms with van der Waals surface area (Å²) in [5.74, 6) is -0.498. The van der Waals surface area contributed by atoms with Crippen LogP contribution in [0.1, 0.15) is 25.3 Å². The minimum atomic E-state index is -3.61. The van der Waals surface area contributed by atoms with Crippen LogP contribution in [0.4, 0.5) is 0 Å². The monoisotopic (exact) mass is 465 g/mol. The molecule has 0 saturated heterocycles. The van der Waals surface area contributed by atoms with Gasteiger partial charge in [-0.2, -0.15) is 0 Å². The molecule has 168 valence electrons. The first-order chi connectivity index (χ1) is 14.7. The number of carbonyl (C=O) groups excluding carboxylic acids is 2. The summed E-state index contributed by atoms with van der Waals surface area (Å²) in [6, 6.07) is 14.6. The normalized spacial score (nSPS) is 12.4. The highest BCUT2D eigenvalue weighted by Gasteiger charge is 2.26. The van der Waals surface area contributed by atoms with Gasteiger partial charge in [-0.15, -0.1) is 0 Å². The van der Waals surface area contributed by atoms with Crippen molar-refractivity contribution in [1.29, 1.82) is 0 Å². The Kier molecular flexibility index (Phi) is 9.03. The summed E-state index contributed by atoms with van der Waals surface area (Å²) < 4.78 is 26.5. The third-order valence-electron chi connectivity index (χ3n) is 4.99. The van der Waals surface area contributed by atoms with Gasteiger partial charge in [0.25, 0.3) is 0 Å².